The molecule has 0 heterocycles. The second-order valence-electron chi connectivity index (χ2n) is 5.84. The van der Waals surface area contributed by atoms with Crippen LogP contribution in [0, 0.1) is 6.92 Å². The number of fused-ring (bicyclic) bond motifs is 1. The Balaban J connectivity index is 1.74. The van der Waals surface area contributed by atoms with Crippen molar-refractivity contribution in [2.24, 2.45) is 0 Å². The summed E-state index contributed by atoms with van der Waals surface area (Å²) >= 11 is 0. The molecule has 3 nitrogen and oxygen atoms in total. The molecular weight excluding hydrogens is 296 g/mol. The first-order chi connectivity index (χ1) is 10.6. The van der Waals surface area contributed by atoms with E-state index < -0.39 is 10.1 Å². The summed E-state index contributed by atoms with van der Waals surface area (Å²) in [4.78, 5) is 0.224. The summed E-state index contributed by atoms with van der Waals surface area (Å²) in [6.07, 6.45) is 3.12. The van der Waals surface area contributed by atoms with Crippen LogP contribution in [0.1, 0.15) is 35.4 Å². The van der Waals surface area contributed by atoms with Crippen molar-refractivity contribution in [2.75, 3.05) is 6.61 Å². The van der Waals surface area contributed by atoms with Gasteiger partial charge in [-0.3, -0.25) is 4.18 Å². The van der Waals surface area contributed by atoms with E-state index in [4.69, 9.17) is 4.18 Å². The highest BCUT2D eigenvalue weighted by atomic mass is 32.2. The Bertz CT molecular complexity index is 748. The predicted octanol–water partition coefficient (Wildman–Crippen LogP) is 3.82. The minimum atomic E-state index is -3.68. The highest BCUT2D eigenvalue weighted by Crippen LogP contribution is 2.32. The third kappa shape index (κ3) is 3.23. The van der Waals surface area contributed by atoms with Crippen LogP contribution in [0.5, 0.6) is 0 Å². The van der Waals surface area contributed by atoms with Crippen LogP contribution < -0.4 is 0 Å². The third-order valence-electron chi connectivity index (χ3n) is 4.23. The third-order valence-corrected chi connectivity index (χ3v) is 5.52. The maximum atomic E-state index is 12.3. The molecule has 0 unspecified atom stereocenters. The first-order valence-corrected chi connectivity index (χ1v) is 9.01. The van der Waals surface area contributed by atoms with Crippen LogP contribution in [-0.2, 0) is 20.7 Å². The van der Waals surface area contributed by atoms with E-state index in [1.165, 1.54) is 11.1 Å². The van der Waals surface area contributed by atoms with Gasteiger partial charge in [0, 0.05) is 5.92 Å². The molecule has 0 saturated heterocycles. The second-order valence-corrected chi connectivity index (χ2v) is 7.46. The molecule has 0 spiro atoms. The summed E-state index contributed by atoms with van der Waals surface area (Å²) in [6.45, 7) is 2.14. The van der Waals surface area contributed by atoms with Gasteiger partial charge in [0.05, 0.1) is 11.5 Å². The average molecular weight is 316 g/mol. The molecular formula is C18H20O3S. The number of hydrogen-bond donors (Lipinski definition) is 0. The number of aryl methyl sites for hydroxylation is 2. The highest BCUT2D eigenvalue weighted by molar-refractivity contribution is 7.86. The normalized spacial score (nSPS) is 18.0. The van der Waals surface area contributed by atoms with Gasteiger partial charge in [0.1, 0.15) is 0 Å². The fourth-order valence-electron chi connectivity index (χ4n) is 2.97. The minimum absolute atomic E-state index is 0.158. The molecule has 116 valence electrons. The lowest BCUT2D eigenvalue weighted by atomic mass is 9.83. The number of rotatable bonds is 4. The molecule has 0 amide bonds. The predicted molar refractivity (Wildman–Crippen MR) is 86.4 cm³/mol. The van der Waals surface area contributed by atoms with E-state index in [1.54, 1.807) is 24.3 Å². The molecule has 2 aromatic carbocycles. The SMILES string of the molecule is Cc1ccc(S(=O)(=O)OC[C@@H]2CCCc3ccccc32)cc1. The van der Waals surface area contributed by atoms with Crippen LogP contribution in [0.25, 0.3) is 0 Å². The van der Waals surface area contributed by atoms with Crippen molar-refractivity contribution in [3.8, 4) is 0 Å². The maximum Gasteiger partial charge on any atom is 0.296 e. The molecule has 1 aliphatic rings. The first kappa shape index (κ1) is 15.3. The maximum absolute atomic E-state index is 12.3. The van der Waals surface area contributed by atoms with Gasteiger partial charge in [0.15, 0.2) is 0 Å². The molecule has 4 heteroatoms. The van der Waals surface area contributed by atoms with Gasteiger partial charge in [-0.05, 0) is 49.4 Å². The fourth-order valence-corrected chi connectivity index (χ4v) is 3.92. The summed E-state index contributed by atoms with van der Waals surface area (Å²) in [6, 6.07) is 15.0. The molecule has 22 heavy (non-hydrogen) atoms. The Labute approximate surface area is 132 Å². The Morgan fingerprint density at radius 2 is 1.82 bits per heavy atom. The molecule has 0 fully saturated rings. The monoisotopic (exact) mass is 316 g/mol. The van der Waals surface area contributed by atoms with Gasteiger partial charge < -0.3 is 0 Å². The van der Waals surface area contributed by atoms with E-state index in [2.05, 4.69) is 12.1 Å². The highest BCUT2D eigenvalue weighted by Gasteiger charge is 2.23. The minimum Gasteiger partial charge on any atom is -0.266 e. The van der Waals surface area contributed by atoms with Crippen molar-refractivity contribution in [2.45, 2.75) is 37.0 Å². The topological polar surface area (TPSA) is 43.4 Å². The van der Waals surface area contributed by atoms with Crippen molar-refractivity contribution in [1.29, 1.82) is 0 Å². The first-order valence-electron chi connectivity index (χ1n) is 7.60. The zero-order valence-electron chi connectivity index (χ0n) is 12.7. The van der Waals surface area contributed by atoms with E-state index in [-0.39, 0.29) is 17.4 Å². The summed E-state index contributed by atoms with van der Waals surface area (Å²) in [5, 5.41) is 0. The van der Waals surface area contributed by atoms with Gasteiger partial charge in [-0.1, -0.05) is 42.0 Å². The summed E-state index contributed by atoms with van der Waals surface area (Å²) in [5.74, 6) is 0.158. The standard InChI is InChI=1S/C18H20O3S/c1-14-9-11-17(12-10-14)22(19,20)21-13-16-7-4-6-15-5-2-3-8-18(15)16/h2-3,5,8-12,16H,4,6-7,13H2,1H3/t16-/m0/s1. The molecule has 1 aliphatic carbocycles. The Morgan fingerprint density at radius 1 is 1.09 bits per heavy atom. The molecule has 1 atom stereocenters. The van der Waals surface area contributed by atoms with Gasteiger partial charge in [0.2, 0.25) is 0 Å². The van der Waals surface area contributed by atoms with Crippen LogP contribution in [0.2, 0.25) is 0 Å². The molecule has 0 N–H and O–H groups in total. The average Bonchev–Trinajstić information content (AvgIpc) is 2.53. The van der Waals surface area contributed by atoms with Crippen LogP contribution in [-0.4, -0.2) is 15.0 Å². The van der Waals surface area contributed by atoms with Crippen molar-refractivity contribution in [3.63, 3.8) is 0 Å². The second kappa shape index (κ2) is 6.23. The molecule has 0 bridgehead atoms. The summed E-state index contributed by atoms with van der Waals surface area (Å²) < 4.78 is 29.9. The molecule has 3 rings (SSSR count). The quantitative estimate of drug-likeness (QED) is 0.805. The summed E-state index contributed by atoms with van der Waals surface area (Å²) in [7, 11) is -3.68. The van der Waals surface area contributed by atoms with Crippen molar-refractivity contribution in [3.05, 3.63) is 65.2 Å². The fraction of sp³-hybridized carbons (Fsp3) is 0.333. The van der Waals surface area contributed by atoms with Gasteiger partial charge in [-0.25, -0.2) is 0 Å². The van der Waals surface area contributed by atoms with E-state index in [9.17, 15) is 8.42 Å². The largest absolute Gasteiger partial charge is 0.296 e. The van der Waals surface area contributed by atoms with Gasteiger partial charge in [0.25, 0.3) is 10.1 Å². The zero-order chi connectivity index (χ0) is 15.6. The van der Waals surface area contributed by atoms with Gasteiger partial charge in [-0.15, -0.1) is 0 Å². The van der Waals surface area contributed by atoms with E-state index in [1.807, 2.05) is 19.1 Å². The Morgan fingerprint density at radius 3 is 2.59 bits per heavy atom. The zero-order valence-corrected chi connectivity index (χ0v) is 13.5. The molecule has 2 aromatic rings. The molecule has 0 aliphatic heterocycles. The van der Waals surface area contributed by atoms with Crippen molar-refractivity contribution in [1.82, 2.24) is 0 Å². The number of hydrogen-bond acceptors (Lipinski definition) is 3. The molecule has 0 radical (unpaired) electrons. The summed E-state index contributed by atoms with van der Waals surface area (Å²) in [5.41, 5.74) is 3.57. The van der Waals surface area contributed by atoms with E-state index >= 15 is 0 Å². The smallest absolute Gasteiger partial charge is 0.266 e. The van der Waals surface area contributed by atoms with Crippen LogP contribution >= 0.6 is 0 Å². The van der Waals surface area contributed by atoms with E-state index in [0.717, 1.165) is 24.8 Å². The van der Waals surface area contributed by atoms with E-state index in [0.29, 0.717) is 0 Å². The van der Waals surface area contributed by atoms with Gasteiger partial charge in [-0.2, -0.15) is 8.42 Å². The van der Waals surface area contributed by atoms with Crippen molar-refractivity contribution < 1.29 is 12.6 Å². The van der Waals surface area contributed by atoms with Crippen LogP contribution in [0.15, 0.2) is 53.4 Å². The van der Waals surface area contributed by atoms with Gasteiger partial charge >= 0.3 is 0 Å². The molecule has 0 saturated carbocycles. The van der Waals surface area contributed by atoms with Crippen LogP contribution in [0.3, 0.4) is 0 Å². The number of benzene rings is 2. The van der Waals surface area contributed by atoms with Crippen LogP contribution in [0.4, 0.5) is 0 Å². The van der Waals surface area contributed by atoms with Crippen molar-refractivity contribution >= 4 is 10.1 Å². The Hall–Kier alpha value is -1.65. The lowest BCUT2D eigenvalue weighted by Crippen LogP contribution is -2.18. The lowest BCUT2D eigenvalue weighted by Gasteiger charge is -2.25. The Kier molecular flexibility index (Phi) is 4.32. The lowest BCUT2D eigenvalue weighted by molar-refractivity contribution is 0.278. The molecule has 0 aromatic heterocycles.